The number of benzene rings is 1. The van der Waals surface area contributed by atoms with Crippen LogP contribution in [0.25, 0.3) is 0 Å². The van der Waals surface area contributed by atoms with E-state index in [9.17, 15) is 9.59 Å². The summed E-state index contributed by atoms with van der Waals surface area (Å²) in [5.41, 5.74) is 1.68. The van der Waals surface area contributed by atoms with Crippen molar-refractivity contribution < 1.29 is 14.3 Å². The monoisotopic (exact) mass is 349 g/mol. The first-order valence-electron chi connectivity index (χ1n) is 8.12. The molecule has 8 nitrogen and oxygen atoms in total. The minimum absolute atomic E-state index is 0.105. The molecule has 0 fully saturated rings. The van der Waals surface area contributed by atoms with Crippen molar-refractivity contribution >= 4 is 17.8 Å². The van der Waals surface area contributed by atoms with Gasteiger partial charge in [0.05, 0.1) is 13.2 Å². The highest BCUT2D eigenvalue weighted by atomic mass is 16.5. The third-order valence-corrected chi connectivity index (χ3v) is 3.39. The summed E-state index contributed by atoms with van der Waals surface area (Å²) >= 11 is 0. The molecule has 0 unspecified atom stereocenters. The zero-order chi connectivity index (χ0) is 18.5. The smallest absolute Gasteiger partial charge is 0.251 e. The summed E-state index contributed by atoms with van der Waals surface area (Å²) in [6.07, 6.45) is 0.728. The average Bonchev–Trinajstić information content (AvgIpc) is 2.64. The molecule has 138 valence electrons. The van der Waals surface area contributed by atoms with Gasteiger partial charge in [-0.2, -0.15) is 0 Å². The van der Waals surface area contributed by atoms with Gasteiger partial charge in [-0.15, -0.1) is 0 Å². The molecule has 2 amide bonds. The topological polar surface area (TPSA) is 104 Å². The number of aliphatic imine (C=N–C) groups is 1. The third kappa shape index (κ3) is 8.16. The maximum atomic E-state index is 11.6. The van der Waals surface area contributed by atoms with Gasteiger partial charge in [0, 0.05) is 39.9 Å². The van der Waals surface area contributed by atoms with Crippen molar-refractivity contribution in [3.8, 4) is 0 Å². The van der Waals surface area contributed by atoms with Crippen LogP contribution in [0.1, 0.15) is 15.9 Å². The van der Waals surface area contributed by atoms with E-state index in [0.29, 0.717) is 31.2 Å². The molecule has 0 atom stereocenters. The summed E-state index contributed by atoms with van der Waals surface area (Å²) in [5.74, 6) is 0.314. The van der Waals surface area contributed by atoms with Crippen LogP contribution in [-0.4, -0.2) is 65.2 Å². The summed E-state index contributed by atoms with van der Waals surface area (Å²) in [6.45, 7) is 1.72. The van der Waals surface area contributed by atoms with Gasteiger partial charge in [0.2, 0.25) is 5.91 Å². The Labute approximate surface area is 148 Å². The molecule has 0 bridgehead atoms. The molecule has 0 aromatic heterocycles. The van der Waals surface area contributed by atoms with Gasteiger partial charge >= 0.3 is 0 Å². The number of guanidine groups is 1. The molecular weight excluding hydrogens is 322 g/mol. The van der Waals surface area contributed by atoms with Gasteiger partial charge in [-0.05, 0) is 24.1 Å². The Bertz CT molecular complexity index is 589. The number of hydrogen-bond acceptors (Lipinski definition) is 4. The number of carbonyl (C=O) groups excluding carboxylic acids is 2. The number of nitrogens with zero attached hydrogens (tertiary/aromatic N) is 1. The van der Waals surface area contributed by atoms with Crippen molar-refractivity contribution in [1.29, 1.82) is 0 Å². The van der Waals surface area contributed by atoms with Crippen molar-refractivity contribution in [3.05, 3.63) is 35.4 Å². The van der Waals surface area contributed by atoms with E-state index < -0.39 is 0 Å². The zero-order valence-corrected chi connectivity index (χ0v) is 15.0. The van der Waals surface area contributed by atoms with E-state index in [1.165, 1.54) is 0 Å². The number of amides is 2. The largest absolute Gasteiger partial charge is 0.383 e. The maximum absolute atomic E-state index is 11.6. The summed E-state index contributed by atoms with van der Waals surface area (Å²) in [6, 6.07) is 7.46. The predicted molar refractivity (Wildman–Crippen MR) is 97.8 cm³/mol. The molecule has 0 aliphatic heterocycles. The zero-order valence-electron chi connectivity index (χ0n) is 15.0. The molecule has 0 saturated carbocycles. The number of rotatable bonds is 9. The van der Waals surface area contributed by atoms with Crippen LogP contribution >= 0.6 is 0 Å². The Kier molecular flexibility index (Phi) is 9.69. The Morgan fingerprint density at radius 2 is 1.96 bits per heavy atom. The number of methoxy groups -OCH3 is 1. The predicted octanol–water partition coefficient (Wildman–Crippen LogP) is -0.484. The standard InChI is InChI=1S/C17H27N5O3/c1-18-16(24)14-6-4-5-13(11-14)7-8-21-17(19-2)22-12-15(23)20-9-10-25-3/h4-6,11H,7-10,12H2,1-3H3,(H,18,24)(H,20,23)(H2,19,21,22). The third-order valence-electron chi connectivity index (χ3n) is 3.39. The van der Waals surface area contributed by atoms with Crippen LogP contribution in [0.15, 0.2) is 29.3 Å². The van der Waals surface area contributed by atoms with E-state index in [4.69, 9.17) is 4.74 Å². The molecule has 1 rings (SSSR count). The van der Waals surface area contributed by atoms with Crippen LogP contribution in [-0.2, 0) is 16.0 Å². The van der Waals surface area contributed by atoms with Gasteiger partial charge in [-0.1, -0.05) is 12.1 Å². The second-order valence-corrected chi connectivity index (χ2v) is 5.22. The summed E-state index contributed by atoms with van der Waals surface area (Å²) in [4.78, 5) is 27.3. The van der Waals surface area contributed by atoms with Crippen molar-refractivity contribution in [1.82, 2.24) is 21.3 Å². The first-order valence-corrected chi connectivity index (χ1v) is 8.12. The molecule has 4 N–H and O–H groups in total. The lowest BCUT2D eigenvalue weighted by Gasteiger charge is -2.12. The molecule has 0 radical (unpaired) electrons. The lowest BCUT2D eigenvalue weighted by molar-refractivity contribution is -0.120. The molecule has 0 heterocycles. The Balaban J connectivity index is 2.36. The van der Waals surface area contributed by atoms with E-state index in [1.54, 1.807) is 27.3 Å². The van der Waals surface area contributed by atoms with Crippen LogP contribution in [0.5, 0.6) is 0 Å². The van der Waals surface area contributed by atoms with Crippen molar-refractivity contribution in [2.45, 2.75) is 6.42 Å². The average molecular weight is 349 g/mol. The minimum Gasteiger partial charge on any atom is -0.383 e. The SMILES string of the molecule is CN=C(NCCc1cccc(C(=O)NC)c1)NCC(=O)NCCOC. The summed E-state index contributed by atoms with van der Waals surface area (Å²) in [7, 11) is 4.84. The second kappa shape index (κ2) is 11.9. The van der Waals surface area contributed by atoms with Gasteiger partial charge in [-0.25, -0.2) is 0 Å². The van der Waals surface area contributed by atoms with Crippen LogP contribution in [0.4, 0.5) is 0 Å². The molecule has 8 heteroatoms. The number of ether oxygens (including phenoxy) is 1. The minimum atomic E-state index is -0.127. The molecule has 0 aliphatic carbocycles. The summed E-state index contributed by atoms with van der Waals surface area (Å²) in [5, 5.41) is 11.4. The first-order chi connectivity index (χ1) is 12.1. The van der Waals surface area contributed by atoms with E-state index in [1.807, 2.05) is 18.2 Å². The molecule has 0 spiro atoms. The van der Waals surface area contributed by atoms with Gasteiger partial charge in [0.25, 0.3) is 5.91 Å². The molecule has 1 aromatic carbocycles. The number of carbonyl (C=O) groups is 2. The lowest BCUT2D eigenvalue weighted by atomic mass is 10.1. The van der Waals surface area contributed by atoms with E-state index in [2.05, 4.69) is 26.3 Å². The molecule has 0 aliphatic rings. The van der Waals surface area contributed by atoms with E-state index in [-0.39, 0.29) is 18.4 Å². The number of hydrogen-bond donors (Lipinski definition) is 4. The fourth-order valence-corrected chi connectivity index (χ4v) is 2.08. The van der Waals surface area contributed by atoms with Crippen molar-refractivity contribution in [3.63, 3.8) is 0 Å². The summed E-state index contributed by atoms with van der Waals surface area (Å²) < 4.78 is 4.87. The Morgan fingerprint density at radius 3 is 2.64 bits per heavy atom. The van der Waals surface area contributed by atoms with Crippen LogP contribution in [0, 0.1) is 0 Å². The van der Waals surface area contributed by atoms with Gasteiger partial charge in [-0.3, -0.25) is 14.6 Å². The highest BCUT2D eigenvalue weighted by Crippen LogP contribution is 2.05. The van der Waals surface area contributed by atoms with E-state index >= 15 is 0 Å². The lowest BCUT2D eigenvalue weighted by Crippen LogP contribution is -2.44. The fraction of sp³-hybridized carbons (Fsp3) is 0.471. The van der Waals surface area contributed by atoms with Gasteiger partial charge < -0.3 is 26.0 Å². The normalized spacial score (nSPS) is 10.9. The highest BCUT2D eigenvalue weighted by Gasteiger charge is 2.05. The highest BCUT2D eigenvalue weighted by molar-refractivity contribution is 5.94. The number of nitrogens with one attached hydrogen (secondary N) is 4. The maximum Gasteiger partial charge on any atom is 0.251 e. The van der Waals surface area contributed by atoms with E-state index in [0.717, 1.165) is 12.0 Å². The molecule has 25 heavy (non-hydrogen) atoms. The molecular formula is C17H27N5O3. The second-order valence-electron chi connectivity index (χ2n) is 5.22. The molecule has 0 saturated heterocycles. The Hall–Kier alpha value is -2.61. The quantitative estimate of drug-likeness (QED) is 0.274. The first kappa shape index (κ1) is 20.4. The van der Waals surface area contributed by atoms with Crippen molar-refractivity contribution in [2.24, 2.45) is 4.99 Å². The van der Waals surface area contributed by atoms with Crippen LogP contribution in [0.3, 0.4) is 0 Å². The van der Waals surface area contributed by atoms with Crippen molar-refractivity contribution in [2.75, 3.05) is 47.4 Å². The van der Waals surface area contributed by atoms with Gasteiger partial charge in [0.1, 0.15) is 0 Å². The molecule has 1 aromatic rings. The van der Waals surface area contributed by atoms with Gasteiger partial charge in [0.15, 0.2) is 5.96 Å². The van der Waals surface area contributed by atoms with Crippen LogP contribution in [0.2, 0.25) is 0 Å². The fourth-order valence-electron chi connectivity index (χ4n) is 2.08. The Morgan fingerprint density at radius 1 is 1.16 bits per heavy atom. The van der Waals surface area contributed by atoms with Crippen LogP contribution < -0.4 is 21.3 Å².